The molecule has 0 unspecified atom stereocenters. The average Bonchev–Trinajstić information content (AvgIpc) is 3.60. The highest BCUT2D eigenvalue weighted by atomic mass is 32.2. The van der Waals surface area contributed by atoms with E-state index in [4.69, 9.17) is 0 Å². The van der Waals surface area contributed by atoms with Gasteiger partial charge in [0.05, 0.1) is 28.5 Å². The van der Waals surface area contributed by atoms with Crippen molar-refractivity contribution in [2.75, 3.05) is 17.3 Å². The molecule has 0 aliphatic carbocycles. The number of aromatic amines is 2. The first-order valence-electron chi connectivity index (χ1n) is 13.9. The number of nitrogens with zero attached hydrogens (tertiary/aromatic N) is 5. The molecular formula is C31H28F2N8O3S. The summed E-state index contributed by atoms with van der Waals surface area (Å²) in [5.41, 5.74) is 3.00. The normalized spacial score (nSPS) is 12.2. The minimum Gasteiger partial charge on any atom is -0.335 e. The number of carbonyl (C=O) groups excluding carboxylic acids is 1. The van der Waals surface area contributed by atoms with Crippen LogP contribution in [0.3, 0.4) is 0 Å². The van der Waals surface area contributed by atoms with E-state index in [0.29, 0.717) is 39.1 Å². The third kappa shape index (κ3) is 6.13. The van der Waals surface area contributed by atoms with E-state index in [9.17, 15) is 17.6 Å². The molecule has 45 heavy (non-hydrogen) atoms. The molecule has 0 aliphatic heterocycles. The Bertz CT molecular complexity index is 2220. The zero-order valence-electron chi connectivity index (χ0n) is 24.7. The summed E-state index contributed by atoms with van der Waals surface area (Å²) in [5.74, 6) is -1.25. The molecule has 0 saturated carbocycles. The number of fused-ring (bicyclic) bond motifs is 2. The molecule has 14 heteroatoms. The van der Waals surface area contributed by atoms with E-state index in [1.165, 1.54) is 36.9 Å². The van der Waals surface area contributed by atoms with Gasteiger partial charge >= 0.3 is 0 Å². The van der Waals surface area contributed by atoms with Crippen LogP contribution in [0, 0.1) is 17.0 Å². The third-order valence-corrected chi connectivity index (χ3v) is 8.11. The highest BCUT2D eigenvalue weighted by Crippen LogP contribution is 2.35. The van der Waals surface area contributed by atoms with Crippen LogP contribution in [-0.2, 0) is 21.1 Å². The van der Waals surface area contributed by atoms with Crippen LogP contribution in [0.2, 0.25) is 0 Å². The fraction of sp³-hybridized carbons (Fsp3) is 0.226. The molecular weight excluding hydrogens is 602 g/mol. The summed E-state index contributed by atoms with van der Waals surface area (Å²) < 4.78 is 54.2. The van der Waals surface area contributed by atoms with E-state index < -0.39 is 26.9 Å². The van der Waals surface area contributed by atoms with E-state index in [2.05, 4.69) is 40.4 Å². The van der Waals surface area contributed by atoms with Crippen molar-refractivity contribution in [3.8, 4) is 33.8 Å². The van der Waals surface area contributed by atoms with Crippen molar-refractivity contribution >= 4 is 43.6 Å². The van der Waals surface area contributed by atoms with Crippen LogP contribution in [-0.4, -0.2) is 61.5 Å². The largest absolute Gasteiger partial charge is 0.335 e. The number of imidazole rings is 1. The van der Waals surface area contributed by atoms with Crippen LogP contribution in [0.5, 0.6) is 0 Å². The smallest absolute Gasteiger partial charge is 0.229 e. The maximum Gasteiger partial charge on any atom is 0.229 e. The van der Waals surface area contributed by atoms with Gasteiger partial charge in [-0.25, -0.2) is 32.2 Å². The molecule has 0 saturated heterocycles. The van der Waals surface area contributed by atoms with Crippen LogP contribution in [0.1, 0.15) is 26.3 Å². The number of hydrogen-bond acceptors (Lipinski definition) is 8. The van der Waals surface area contributed by atoms with Crippen molar-refractivity contribution < 1.29 is 22.0 Å². The number of hydrogen-bond donors (Lipinski definition) is 3. The van der Waals surface area contributed by atoms with Crippen molar-refractivity contribution in [3.63, 3.8) is 0 Å². The number of nitrogens with one attached hydrogen (secondary N) is 3. The number of sulfone groups is 1. The zero-order chi connectivity index (χ0) is 32.1. The maximum absolute atomic E-state index is 16.2. The van der Waals surface area contributed by atoms with Gasteiger partial charge in [0, 0.05) is 47.0 Å². The summed E-state index contributed by atoms with van der Waals surface area (Å²) in [7, 11) is -3.24. The van der Waals surface area contributed by atoms with Gasteiger partial charge in [0.1, 0.15) is 27.2 Å². The summed E-state index contributed by atoms with van der Waals surface area (Å²) in [4.78, 5) is 33.0. The lowest BCUT2D eigenvalue weighted by Crippen LogP contribution is -2.27. The molecule has 1 aromatic carbocycles. The number of carbonyl (C=O) groups is 1. The van der Waals surface area contributed by atoms with Gasteiger partial charge in [-0.1, -0.05) is 26.8 Å². The van der Waals surface area contributed by atoms with E-state index in [-0.39, 0.29) is 46.2 Å². The van der Waals surface area contributed by atoms with Gasteiger partial charge in [0.2, 0.25) is 5.91 Å². The Hall–Kier alpha value is -5.11. The standard InChI is InChI=1S/C31H28F2N8O3S/c1-31(2,3)30(42)37-20-12-18(13-34-14-20)22-15-36-27-23(24(22)33)26(40-41-27)29-38-25-21(5-7-35-28(25)39-29)17-9-16(10-19(32)11-17)6-8-45(4,43)44/h5,7,9-15H,6,8H2,1-4H3,(H,37,42)(H,35,38,39)(H,36,40,41). The van der Waals surface area contributed by atoms with Crippen LogP contribution in [0.25, 0.3) is 56.0 Å². The second kappa shape index (κ2) is 11.1. The monoisotopic (exact) mass is 630 g/mol. The topological polar surface area (TPSA) is 159 Å². The quantitative estimate of drug-likeness (QED) is 0.209. The second-order valence-corrected chi connectivity index (χ2v) is 14.1. The van der Waals surface area contributed by atoms with Crippen molar-refractivity contribution in [2.45, 2.75) is 27.2 Å². The van der Waals surface area contributed by atoms with Gasteiger partial charge < -0.3 is 10.3 Å². The third-order valence-electron chi connectivity index (χ3n) is 7.17. The highest BCUT2D eigenvalue weighted by Gasteiger charge is 2.23. The van der Waals surface area contributed by atoms with Gasteiger partial charge in [0.25, 0.3) is 0 Å². The second-order valence-electron chi connectivity index (χ2n) is 11.8. The highest BCUT2D eigenvalue weighted by molar-refractivity contribution is 7.90. The Morgan fingerprint density at radius 1 is 0.978 bits per heavy atom. The number of aryl methyl sites for hydroxylation is 1. The molecule has 0 spiro atoms. The molecule has 0 radical (unpaired) electrons. The molecule has 6 rings (SSSR count). The molecule has 3 N–H and O–H groups in total. The number of anilines is 1. The number of pyridine rings is 3. The van der Waals surface area contributed by atoms with E-state index in [1.54, 1.807) is 39.0 Å². The Labute approximate surface area is 256 Å². The first-order chi connectivity index (χ1) is 21.3. The lowest BCUT2D eigenvalue weighted by Gasteiger charge is -2.17. The predicted molar refractivity (Wildman–Crippen MR) is 167 cm³/mol. The predicted octanol–water partition coefficient (Wildman–Crippen LogP) is 5.48. The Kier molecular flexibility index (Phi) is 7.39. The van der Waals surface area contributed by atoms with Gasteiger partial charge in [0.15, 0.2) is 17.1 Å². The summed E-state index contributed by atoms with van der Waals surface area (Å²) >= 11 is 0. The van der Waals surface area contributed by atoms with E-state index in [0.717, 1.165) is 6.26 Å². The fourth-order valence-corrected chi connectivity index (χ4v) is 5.43. The van der Waals surface area contributed by atoms with Crippen LogP contribution < -0.4 is 5.32 Å². The minimum absolute atomic E-state index is 0.0750. The zero-order valence-corrected chi connectivity index (χ0v) is 25.6. The van der Waals surface area contributed by atoms with Gasteiger partial charge in [-0.2, -0.15) is 5.10 Å². The first kappa shape index (κ1) is 29.9. The number of rotatable bonds is 7. The maximum atomic E-state index is 16.2. The Balaban J connectivity index is 1.40. The molecule has 0 aliphatic rings. The molecule has 6 aromatic rings. The average molecular weight is 631 g/mol. The Morgan fingerprint density at radius 3 is 2.53 bits per heavy atom. The molecule has 5 heterocycles. The lowest BCUT2D eigenvalue weighted by molar-refractivity contribution is -0.123. The van der Waals surface area contributed by atoms with Crippen LogP contribution >= 0.6 is 0 Å². The van der Waals surface area contributed by atoms with E-state index in [1.807, 2.05) is 0 Å². The number of amides is 1. The summed E-state index contributed by atoms with van der Waals surface area (Å²) in [6.45, 7) is 5.35. The van der Waals surface area contributed by atoms with Crippen molar-refractivity contribution in [1.82, 2.24) is 35.1 Å². The lowest BCUT2D eigenvalue weighted by atomic mass is 9.95. The summed E-state index contributed by atoms with van der Waals surface area (Å²) in [6.07, 6.45) is 7.10. The molecule has 0 bridgehead atoms. The molecule has 1 amide bonds. The van der Waals surface area contributed by atoms with Gasteiger partial charge in [-0.05, 0) is 41.8 Å². The number of halogens is 2. The van der Waals surface area contributed by atoms with Crippen LogP contribution in [0.4, 0.5) is 14.5 Å². The molecule has 5 aromatic heterocycles. The minimum atomic E-state index is -3.24. The molecule has 11 nitrogen and oxygen atoms in total. The molecule has 0 fully saturated rings. The van der Waals surface area contributed by atoms with Gasteiger partial charge in [-0.3, -0.25) is 14.9 Å². The molecule has 230 valence electrons. The fourth-order valence-electron chi connectivity index (χ4n) is 4.82. The van der Waals surface area contributed by atoms with Crippen molar-refractivity contribution in [1.29, 1.82) is 0 Å². The number of aromatic nitrogens is 7. The first-order valence-corrected chi connectivity index (χ1v) is 15.9. The van der Waals surface area contributed by atoms with E-state index >= 15 is 4.39 Å². The molecule has 0 atom stereocenters. The SMILES string of the molecule is CC(C)(C)C(=O)Nc1cncc(-c2cnc3n[nH]c(-c4nc5nccc(-c6cc(F)cc(CCS(C)(=O)=O)c6)c5[nH]4)c3c2F)c1. The van der Waals surface area contributed by atoms with Crippen molar-refractivity contribution in [2.24, 2.45) is 5.41 Å². The van der Waals surface area contributed by atoms with Crippen molar-refractivity contribution in [3.05, 3.63) is 72.3 Å². The summed E-state index contributed by atoms with van der Waals surface area (Å²) in [6, 6.07) is 7.66. The summed E-state index contributed by atoms with van der Waals surface area (Å²) in [5, 5.41) is 9.85. The van der Waals surface area contributed by atoms with Gasteiger partial charge in [-0.15, -0.1) is 0 Å². The Morgan fingerprint density at radius 2 is 1.78 bits per heavy atom. The van der Waals surface area contributed by atoms with Crippen LogP contribution in [0.15, 0.2) is 55.1 Å². The number of H-pyrrole nitrogens is 2. The number of benzene rings is 1.